The minimum absolute atomic E-state index is 0.00248. The van der Waals surface area contributed by atoms with Crippen LogP contribution in [0.2, 0.25) is 0 Å². The number of alkyl halides is 6. The number of carbonyl (C=O) groups is 2. The summed E-state index contributed by atoms with van der Waals surface area (Å²) in [5.74, 6) is -5.96. The van der Waals surface area contributed by atoms with E-state index in [2.05, 4.69) is 15.0 Å². The molecule has 2 fully saturated rings. The summed E-state index contributed by atoms with van der Waals surface area (Å²) in [5.41, 5.74) is -0.383. The molecule has 2 atom stereocenters. The van der Waals surface area contributed by atoms with E-state index in [1.807, 2.05) is 4.90 Å². The van der Waals surface area contributed by atoms with Gasteiger partial charge in [-0.2, -0.15) is 26.3 Å². The highest BCUT2D eigenvalue weighted by Gasteiger charge is 2.45. The first-order valence-electron chi connectivity index (χ1n) is 10.8. The van der Waals surface area contributed by atoms with Crippen molar-refractivity contribution in [3.8, 4) is 5.88 Å². The van der Waals surface area contributed by atoms with Gasteiger partial charge in [-0.3, -0.25) is 0 Å². The second-order valence-corrected chi connectivity index (χ2v) is 8.06. The van der Waals surface area contributed by atoms with E-state index in [9.17, 15) is 35.1 Å². The lowest BCUT2D eigenvalue weighted by Gasteiger charge is -2.39. The highest BCUT2D eigenvalue weighted by molar-refractivity contribution is 5.73. The van der Waals surface area contributed by atoms with E-state index in [1.54, 1.807) is 0 Å². The maximum Gasteiger partial charge on any atom is 0.490 e. The number of halogens is 8. The number of rotatable bonds is 3. The van der Waals surface area contributed by atoms with Crippen LogP contribution in [0.1, 0.15) is 19.3 Å². The number of nitrogens with zero attached hydrogens (tertiary/aromatic N) is 4. The zero-order valence-corrected chi connectivity index (χ0v) is 19.5. The van der Waals surface area contributed by atoms with Gasteiger partial charge in [0.15, 0.2) is 11.6 Å². The van der Waals surface area contributed by atoms with Crippen LogP contribution in [0.3, 0.4) is 0 Å². The summed E-state index contributed by atoms with van der Waals surface area (Å²) in [5, 5.41) is 14.2. The molecular weight excluding hydrogens is 556 g/mol. The number of aromatic nitrogens is 3. The molecule has 10 nitrogen and oxygen atoms in total. The maximum absolute atomic E-state index is 13.7. The van der Waals surface area contributed by atoms with Crippen LogP contribution in [0.25, 0.3) is 0 Å². The molecule has 39 heavy (non-hydrogen) atoms. The fraction of sp³-hybridized carbons (Fsp3) is 0.476. The molecule has 2 aliphatic rings. The molecule has 4 heterocycles. The summed E-state index contributed by atoms with van der Waals surface area (Å²) in [6, 6.07) is 2.85. The Hall–Kier alpha value is -3.83. The monoisotopic (exact) mass is 576 g/mol. The van der Waals surface area contributed by atoms with Crippen molar-refractivity contribution in [1.82, 2.24) is 15.0 Å². The van der Waals surface area contributed by atoms with Gasteiger partial charge in [0.05, 0.1) is 24.6 Å². The number of piperidine rings is 1. The van der Waals surface area contributed by atoms with Crippen molar-refractivity contribution >= 4 is 17.9 Å². The van der Waals surface area contributed by atoms with Crippen LogP contribution in [0.15, 0.2) is 30.7 Å². The molecule has 0 radical (unpaired) electrons. The van der Waals surface area contributed by atoms with Crippen LogP contribution in [0, 0.1) is 11.6 Å². The Labute approximate surface area is 214 Å². The molecule has 0 amide bonds. The maximum atomic E-state index is 13.7. The number of aliphatic carboxylic acids is 2. The van der Waals surface area contributed by atoms with Gasteiger partial charge in [-0.1, -0.05) is 0 Å². The SMILES string of the molecule is Fc1cnc(N2CCC[C@]3(C[C@@H](Oc4ncccc4F)CO3)C2)nc1.O=C(O)C(F)(F)F.O=C(O)C(F)(F)F. The minimum atomic E-state index is -5.08. The van der Waals surface area contributed by atoms with E-state index in [0.29, 0.717) is 25.5 Å². The molecule has 2 aliphatic heterocycles. The van der Waals surface area contributed by atoms with Crippen molar-refractivity contribution in [3.05, 3.63) is 42.4 Å². The molecule has 2 saturated heterocycles. The third-order valence-corrected chi connectivity index (χ3v) is 5.09. The first kappa shape index (κ1) is 31.4. The van der Waals surface area contributed by atoms with E-state index in [4.69, 9.17) is 29.3 Å². The van der Waals surface area contributed by atoms with Gasteiger partial charge in [0.25, 0.3) is 5.88 Å². The van der Waals surface area contributed by atoms with Crippen LogP contribution in [-0.4, -0.2) is 80.9 Å². The zero-order chi connectivity index (χ0) is 29.4. The van der Waals surface area contributed by atoms with Gasteiger partial charge in [-0.05, 0) is 25.0 Å². The third kappa shape index (κ3) is 9.77. The van der Waals surface area contributed by atoms with Crippen molar-refractivity contribution in [2.45, 2.75) is 43.3 Å². The van der Waals surface area contributed by atoms with Gasteiger partial charge in [-0.25, -0.2) is 33.3 Å². The molecule has 2 aromatic rings. The van der Waals surface area contributed by atoms with E-state index >= 15 is 0 Å². The Morgan fingerprint density at radius 2 is 1.59 bits per heavy atom. The predicted molar refractivity (Wildman–Crippen MR) is 113 cm³/mol. The first-order chi connectivity index (χ1) is 18.0. The molecular formula is C21H20F8N4O6. The Bertz CT molecular complexity index is 1090. The summed E-state index contributed by atoms with van der Waals surface area (Å²) in [6.07, 6.45) is -4.16. The third-order valence-electron chi connectivity index (χ3n) is 5.09. The number of hydrogen-bond donors (Lipinski definition) is 2. The van der Waals surface area contributed by atoms with E-state index in [1.165, 1.54) is 18.3 Å². The summed E-state index contributed by atoms with van der Waals surface area (Å²) in [4.78, 5) is 31.8. The number of anilines is 1. The van der Waals surface area contributed by atoms with Crippen LogP contribution in [-0.2, 0) is 14.3 Å². The van der Waals surface area contributed by atoms with Crippen molar-refractivity contribution in [1.29, 1.82) is 0 Å². The first-order valence-corrected chi connectivity index (χ1v) is 10.8. The molecule has 2 aromatic heterocycles. The van der Waals surface area contributed by atoms with Gasteiger partial charge in [-0.15, -0.1) is 0 Å². The van der Waals surface area contributed by atoms with Crippen molar-refractivity contribution < 1.29 is 64.4 Å². The number of carboxylic acid groups (broad SMARTS) is 2. The van der Waals surface area contributed by atoms with Crippen LogP contribution >= 0.6 is 0 Å². The Balaban J connectivity index is 0.000000317. The molecule has 0 aliphatic carbocycles. The van der Waals surface area contributed by atoms with E-state index in [0.717, 1.165) is 31.8 Å². The van der Waals surface area contributed by atoms with Crippen LogP contribution in [0.4, 0.5) is 41.1 Å². The highest BCUT2D eigenvalue weighted by Crippen LogP contribution is 2.37. The van der Waals surface area contributed by atoms with Gasteiger partial charge in [0, 0.05) is 25.7 Å². The second-order valence-electron chi connectivity index (χ2n) is 8.06. The molecule has 1 spiro atoms. The molecule has 216 valence electrons. The van der Waals surface area contributed by atoms with Gasteiger partial charge in [0.1, 0.15) is 6.10 Å². The summed E-state index contributed by atoms with van der Waals surface area (Å²) >= 11 is 0. The number of ether oxygens (including phenoxy) is 2. The Morgan fingerprint density at radius 1 is 1.03 bits per heavy atom. The van der Waals surface area contributed by atoms with Crippen LogP contribution < -0.4 is 9.64 Å². The number of hydrogen-bond acceptors (Lipinski definition) is 8. The van der Waals surface area contributed by atoms with E-state index < -0.39 is 35.9 Å². The normalized spacial score (nSPS) is 20.8. The van der Waals surface area contributed by atoms with Crippen molar-refractivity contribution in [2.24, 2.45) is 0 Å². The predicted octanol–water partition coefficient (Wildman–Crippen LogP) is 3.62. The van der Waals surface area contributed by atoms with Crippen LogP contribution in [0.5, 0.6) is 5.88 Å². The summed E-state index contributed by atoms with van der Waals surface area (Å²) in [6.45, 7) is 1.77. The lowest BCUT2D eigenvalue weighted by molar-refractivity contribution is -0.193. The molecule has 0 saturated carbocycles. The van der Waals surface area contributed by atoms with Gasteiger partial charge >= 0.3 is 24.3 Å². The van der Waals surface area contributed by atoms with E-state index in [-0.39, 0.29) is 17.6 Å². The molecule has 0 aromatic carbocycles. The quantitative estimate of drug-likeness (QED) is 0.522. The highest BCUT2D eigenvalue weighted by atomic mass is 19.4. The minimum Gasteiger partial charge on any atom is -0.475 e. The number of carboxylic acids is 2. The smallest absolute Gasteiger partial charge is 0.475 e. The van der Waals surface area contributed by atoms with Crippen molar-refractivity contribution in [2.75, 3.05) is 24.6 Å². The fourth-order valence-electron chi connectivity index (χ4n) is 3.52. The zero-order valence-electron chi connectivity index (χ0n) is 19.5. The lowest BCUT2D eigenvalue weighted by Crippen LogP contribution is -2.48. The largest absolute Gasteiger partial charge is 0.490 e. The molecule has 0 unspecified atom stereocenters. The average Bonchev–Trinajstić information content (AvgIpc) is 3.22. The average molecular weight is 576 g/mol. The van der Waals surface area contributed by atoms with Crippen molar-refractivity contribution in [3.63, 3.8) is 0 Å². The fourth-order valence-corrected chi connectivity index (χ4v) is 3.52. The molecule has 18 heteroatoms. The number of pyridine rings is 1. The van der Waals surface area contributed by atoms with Gasteiger partial charge in [0.2, 0.25) is 5.95 Å². The summed E-state index contributed by atoms with van der Waals surface area (Å²) < 4.78 is 102. The second kappa shape index (κ2) is 12.8. The van der Waals surface area contributed by atoms with Gasteiger partial charge < -0.3 is 24.6 Å². The summed E-state index contributed by atoms with van der Waals surface area (Å²) in [7, 11) is 0. The standard InChI is InChI=1S/C17H18F2N4O2.2C2HF3O2/c18-12-8-21-16(22-9-12)23-6-2-4-17(11-23)7-13(10-24-17)25-15-14(19)3-1-5-20-15;2*3-2(4,5)1(6)7/h1,3,5,8-9,13H,2,4,6-7,10-11H2;2*(H,6,7)/t13-,17+;;/m1../s1. The Kier molecular flexibility index (Phi) is 10.3. The molecule has 0 bridgehead atoms. The molecule has 4 rings (SSSR count). The molecule has 2 N–H and O–H groups in total. The Morgan fingerprint density at radius 3 is 2.10 bits per heavy atom. The lowest BCUT2D eigenvalue weighted by atomic mass is 9.89. The topological polar surface area (TPSA) is 135 Å².